The summed E-state index contributed by atoms with van der Waals surface area (Å²) in [7, 11) is 0. The summed E-state index contributed by atoms with van der Waals surface area (Å²) < 4.78 is 0. The summed E-state index contributed by atoms with van der Waals surface area (Å²) in [4.78, 5) is 8.84. The highest BCUT2D eigenvalue weighted by Crippen LogP contribution is 2.38. The van der Waals surface area contributed by atoms with E-state index in [1.165, 1.54) is 19.3 Å². The van der Waals surface area contributed by atoms with Crippen LogP contribution in [-0.4, -0.2) is 15.5 Å². The molecule has 1 aromatic carbocycles. The van der Waals surface area contributed by atoms with Gasteiger partial charge in [0.15, 0.2) is 0 Å². The van der Waals surface area contributed by atoms with Crippen LogP contribution in [0.3, 0.4) is 0 Å². The molecular formula is C14H19N5. The fourth-order valence-corrected chi connectivity index (χ4v) is 2.66. The Morgan fingerprint density at radius 2 is 2.05 bits per heavy atom. The van der Waals surface area contributed by atoms with Gasteiger partial charge in [-0.25, -0.2) is 10.8 Å². The molecule has 19 heavy (non-hydrogen) atoms. The number of hydrogen-bond donors (Lipinski definition) is 3. The van der Waals surface area contributed by atoms with E-state index in [4.69, 9.17) is 5.84 Å². The summed E-state index contributed by atoms with van der Waals surface area (Å²) in [5, 5.41) is 4.66. The monoisotopic (exact) mass is 257 g/mol. The number of fused-ring (bicyclic) bond motifs is 1. The van der Waals surface area contributed by atoms with Crippen molar-refractivity contribution in [1.82, 2.24) is 9.97 Å². The van der Waals surface area contributed by atoms with Crippen LogP contribution in [0.4, 0.5) is 11.8 Å². The number of nitrogen functional groups attached to an aromatic ring is 1. The van der Waals surface area contributed by atoms with Crippen molar-refractivity contribution in [3.05, 3.63) is 24.3 Å². The van der Waals surface area contributed by atoms with Crippen molar-refractivity contribution in [1.29, 1.82) is 0 Å². The number of aromatic nitrogens is 2. The third-order valence-electron chi connectivity index (χ3n) is 4.10. The molecule has 1 saturated carbocycles. The molecule has 0 bridgehead atoms. The van der Waals surface area contributed by atoms with E-state index in [0.29, 0.717) is 5.95 Å². The van der Waals surface area contributed by atoms with Crippen molar-refractivity contribution >= 4 is 22.7 Å². The van der Waals surface area contributed by atoms with E-state index >= 15 is 0 Å². The minimum atomic E-state index is 0.197. The minimum absolute atomic E-state index is 0.197. The first-order chi connectivity index (χ1) is 9.26. The van der Waals surface area contributed by atoms with Crippen molar-refractivity contribution in [2.45, 2.75) is 38.1 Å². The SMILES string of the molecule is CCC1(Nc2nc(NN)nc3ccccc23)CCC1. The molecule has 4 N–H and O–H groups in total. The number of hydrazine groups is 1. The van der Waals surface area contributed by atoms with E-state index in [1.807, 2.05) is 24.3 Å². The molecule has 0 atom stereocenters. The fourth-order valence-electron chi connectivity index (χ4n) is 2.66. The molecule has 3 rings (SSSR count). The standard InChI is InChI=1S/C14H19N5/c1-2-14(8-5-9-14)18-12-10-6-3-4-7-11(10)16-13(17-12)19-15/h3-4,6-7H,2,5,8-9,15H2,1H3,(H2,16,17,18,19). The van der Waals surface area contributed by atoms with Crippen LogP contribution in [0.25, 0.3) is 10.9 Å². The Kier molecular flexibility index (Phi) is 2.98. The lowest BCUT2D eigenvalue weighted by molar-refractivity contribution is 0.269. The van der Waals surface area contributed by atoms with Crippen molar-refractivity contribution < 1.29 is 0 Å². The van der Waals surface area contributed by atoms with Crippen LogP contribution in [0.2, 0.25) is 0 Å². The van der Waals surface area contributed by atoms with Gasteiger partial charge >= 0.3 is 0 Å². The maximum Gasteiger partial charge on any atom is 0.239 e. The van der Waals surface area contributed by atoms with E-state index in [2.05, 4.69) is 27.6 Å². The van der Waals surface area contributed by atoms with Crippen LogP contribution in [0.15, 0.2) is 24.3 Å². The number of rotatable bonds is 4. The molecule has 0 unspecified atom stereocenters. The maximum atomic E-state index is 5.45. The van der Waals surface area contributed by atoms with Gasteiger partial charge in [-0.15, -0.1) is 0 Å². The first kappa shape index (κ1) is 12.2. The van der Waals surface area contributed by atoms with Gasteiger partial charge in [0.25, 0.3) is 0 Å². The largest absolute Gasteiger partial charge is 0.364 e. The number of nitrogens with zero attached hydrogens (tertiary/aromatic N) is 2. The lowest BCUT2D eigenvalue weighted by Crippen LogP contribution is -2.44. The zero-order chi connectivity index (χ0) is 13.3. The maximum absolute atomic E-state index is 5.45. The second-order valence-corrected chi connectivity index (χ2v) is 5.17. The molecule has 5 heteroatoms. The summed E-state index contributed by atoms with van der Waals surface area (Å²) in [6.45, 7) is 2.22. The zero-order valence-corrected chi connectivity index (χ0v) is 11.1. The predicted molar refractivity (Wildman–Crippen MR) is 77.8 cm³/mol. The lowest BCUT2D eigenvalue weighted by Gasteiger charge is -2.42. The van der Waals surface area contributed by atoms with Crippen molar-refractivity contribution in [2.75, 3.05) is 10.7 Å². The van der Waals surface area contributed by atoms with Gasteiger partial charge in [-0.1, -0.05) is 19.1 Å². The predicted octanol–water partition coefficient (Wildman–Crippen LogP) is 2.66. The van der Waals surface area contributed by atoms with E-state index in [1.54, 1.807) is 0 Å². The normalized spacial score (nSPS) is 16.9. The van der Waals surface area contributed by atoms with Gasteiger partial charge in [0.2, 0.25) is 5.95 Å². The molecule has 1 aromatic heterocycles. The van der Waals surface area contributed by atoms with Gasteiger partial charge in [-0.05, 0) is 37.8 Å². The molecule has 0 spiro atoms. The molecule has 0 radical (unpaired) electrons. The van der Waals surface area contributed by atoms with Crippen molar-refractivity contribution in [2.24, 2.45) is 5.84 Å². The smallest absolute Gasteiger partial charge is 0.239 e. The van der Waals surface area contributed by atoms with Crippen LogP contribution in [0.1, 0.15) is 32.6 Å². The lowest BCUT2D eigenvalue weighted by atomic mass is 9.75. The molecule has 100 valence electrons. The Morgan fingerprint density at radius 3 is 2.68 bits per heavy atom. The second kappa shape index (κ2) is 4.66. The Balaban J connectivity index is 2.05. The van der Waals surface area contributed by atoms with Crippen LogP contribution in [0.5, 0.6) is 0 Å². The summed E-state index contributed by atoms with van der Waals surface area (Å²) in [5.74, 6) is 6.78. The highest BCUT2D eigenvalue weighted by atomic mass is 15.3. The first-order valence-corrected chi connectivity index (χ1v) is 6.78. The number of nitrogens with two attached hydrogens (primary N) is 1. The third-order valence-corrected chi connectivity index (χ3v) is 4.10. The van der Waals surface area contributed by atoms with E-state index in [9.17, 15) is 0 Å². The van der Waals surface area contributed by atoms with Gasteiger partial charge in [0.05, 0.1) is 5.52 Å². The average Bonchev–Trinajstić information content (AvgIpc) is 2.42. The van der Waals surface area contributed by atoms with Crippen LogP contribution in [-0.2, 0) is 0 Å². The van der Waals surface area contributed by atoms with Crippen LogP contribution in [0, 0.1) is 0 Å². The van der Waals surface area contributed by atoms with E-state index in [0.717, 1.165) is 23.1 Å². The molecule has 1 aliphatic carbocycles. The summed E-state index contributed by atoms with van der Waals surface area (Å²) in [6.07, 6.45) is 4.79. The summed E-state index contributed by atoms with van der Waals surface area (Å²) in [5.41, 5.74) is 3.64. The molecule has 0 aliphatic heterocycles. The first-order valence-electron chi connectivity index (χ1n) is 6.78. The Labute approximate surface area is 112 Å². The molecule has 1 fully saturated rings. The zero-order valence-electron chi connectivity index (χ0n) is 11.1. The highest BCUT2D eigenvalue weighted by molar-refractivity contribution is 5.90. The van der Waals surface area contributed by atoms with Crippen LogP contribution < -0.4 is 16.6 Å². The quantitative estimate of drug-likeness (QED) is 0.580. The number of benzene rings is 1. The Bertz CT molecular complexity index is 586. The number of anilines is 2. The number of nitrogens with one attached hydrogen (secondary N) is 2. The molecule has 0 saturated heterocycles. The molecular weight excluding hydrogens is 238 g/mol. The number of hydrogen-bond acceptors (Lipinski definition) is 5. The molecule has 1 aliphatic rings. The molecule has 1 heterocycles. The minimum Gasteiger partial charge on any atom is -0.364 e. The highest BCUT2D eigenvalue weighted by Gasteiger charge is 2.35. The van der Waals surface area contributed by atoms with Gasteiger partial charge < -0.3 is 5.32 Å². The van der Waals surface area contributed by atoms with Gasteiger partial charge in [-0.2, -0.15) is 4.98 Å². The Hall–Kier alpha value is -1.88. The van der Waals surface area contributed by atoms with Gasteiger partial charge in [0, 0.05) is 10.9 Å². The van der Waals surface area contributed by atoms with Crippen molar-refractivity contribution in [3.8, 4) is 0 Å². The molecule has 0 amide bonds. The summed E-state index contributed by atoms with van der Waals surface area (Å²) >= 11 is 0. The van der Waals surface area contributed by atoms with Crippen molar-refractivity contribution in [3.63, 3.8) is 0 Å². The van der Waals surface area contributed by atoms with Gasteiger partial charge in [-0.3, -0.25) is 5.43 Å². The van der Waals surface area contributed by atoms with E-state index in [-0.39, 0.29) is 5.54 Å². The molecule has 5 nitrogen and oxygen atoms in total. The topological polar surface area (TPSA) is 75.9 Å². The second-order valence-electron chi connectivity index (χ2n) is 5.17. The van der Waals surface area contributed by atoms with Crippen LogP contribution >= 0.6 is 0 Å². The number of para-hydroxylation sites is 1. The molecule has 2 aromatic rings. The van der Waals surface area contributed by atoms with Gasteiger partial charge in [0.1, 0.15) is 5.82 Å². The third kappa shape index (κ3) is 2.10. The fraction of sp³-hybridized carbons (Fsp3) is 0.429. The summed E-state index contributed by atoms with van der Waals surface area (Å²) in [6, 6.07) is 7.99. The Morgan fingerprint density at radius 1 is 1.26 bits per heavy atom. The average molecular weight is 257 g/mol. The van der Waals surface area contributed by atoms with E-state index < -0.39 is 0 Å².